The van der Waals surface area contributed by atoms with Gasteiger partial charge in [0.15, 0.2) is 0 Å². The van der Waals surface area contributed by atoms with E-state index in [4.69, 9.17) is 5.73 Å². The van der Waals surface area contributed by atoms with Gasteiger partial charge in [-0.1, -0.05) is 15.9 Å². The highest BCUT2D eigenvalue weighted by atomic mass is 79.9. The molecule has 4 nitrogen and oxygen atoms in total. The third-order valence-corrected chi connectivity index (χ3v) is 4.68. The number of halogens is 1. The molecule has 1 amide bonds. The highest BCUT2D eigenvalue weighted by Crippen LogP contribution is 2.37. The van der Waals surface area contributed by atoms with E-state index in [1.165, 1.54) is 0 Å². The average molecular weight is 325 g/mol. The number of hydrogen-bond acceptors (Lipinski definition) is 3. The molecule has 2 unspecified atom stereocenters. The fourth-order valence-corrected chi connectivity index (χ4v) is 3.69. The van der Waals surface area contributed by atoms with Crippen LogP contribution >= 0.6 is 15.9 Å². The van der Waals surface area contributed by atoms with Gasteiger partial charge in [0.05, 0.1) is 11.7 Å². The zero-order valence-electron chi connectivity index (χ0n) is 10.6. The number of aliphatic hydroxyl groups excluding tert-OH is 1. The van der Waals surface area contributed by atoms with Crippen molar-refractivity contribution < 1.29 is 9.90 Å². The summed E-state index contributed by atoms with van der Waals surface area (Å²) in [4.78, 5) is 14.6. The second kappa shape index (κ2) is 4.80. The lowest BCUT2D eigenvalue weighted by Crippen LogP contribution is -2.48. The topological polar surface area (TPSA) is 66.6 Å². The van der Waals surface area contributed by atoms with Crippen LogP contribution in [-0.2, 0) is 0 Å². The van der Waals surface area contributed by atoms with Crippen molar-refractivity contribution in [1.82, 2.24) is 4.90 Å². The van der Waals surface area contributed by atoms with Gasteiger partial charge in [-0.25, -0.2) is 0 Å². The number of nitrogens with zero attached hydrogens (tertiary/aromatic N) is 1. The van der Waals surface area contributed by atoms with Crippen LogP contribution in [-0.4, -0.2) is 34.1 Å². The maximum absolute atomic E-state index is 12.7. The molecule has 2 bridgehead atoms. The smallest absolute Gasteiger partial charge is 0.256 e. The molecule has 102 valence electrons. The first-order valence-corrected chi connectivity index (χ1v) is 7.41. The zero-order valence-corrected chi connectivity index (χ0v) is 12.1. The van der Waals surface area contributed by atoms with Gasteiger partial charge in [0.2, 0.25) is 0 Å². The summed E-state index contributed by atoms with van der Waals surface area (Å²) in [6.45, 7) is 0. The summed E-state index contributed by atoms with van der Waals surface area (Å²) in [7, 11) is 0. The molecule has 1 aromatic rings. The third-order valence-electron chi connectivity index (χ3n) is 4.19. The van der Waals surface area contributed by atoms with Crippen molar-refractivity contribution in [3.05, 3.63) is 28.2 Å². The molecule has 2 saturated heterocycles. The van der Waals surface area contributed by atoms with E-state index < -0.39 is 0 Å². The molecule has 5 heteroatoms. The van der Waals surface area contributed by atoms with Gasteiger partial charge in [0.25, 0.3) is 5.91 Å². The molecule has 3 rings (SSSR count). The van der Waals surface area contributed by atoms with E-state index in [-0.39, 0.29) is 24.1 Å². The number of anilines is 1. The molecule has 0 spiro atoms. The maximum Gasteiger partial charge on any atom is 0.256 e. The maximum atomic E-state index is 12.7. The lowest BCUT2D eigenvalue weighted by Gasteiger charge is -2.37. The average Bonchev–Trinajstić information content (AvgIpc) is 2.64. The fraction of sp³-hybridized carbons (Fsp3) is 0.500. The molecule has 19 heavy (non-hydrogen) atoms. The number of amides is 1. The van der Waals surface area contributed by atoms with Crippen LogP contribution in [0.3, 0.4) is 0 Å². The highest BCUT2D eigenvalue weighted by molar-refractivity contribution is 9.10. The third kappa shape index (κ3) is 2.25. The van der Waals surface area contributed by atoms with Crippen molar-refractivity contribution in [3.8, 4) is 0 Å². The van der Waals surface area contributed by atoms with Crippen molar-refractivity contribution in [2.45, 2.75) is 43.9 Å². The van der Waals surface area contributed by atoms with Gasteiger partial charge >= 0.3 is 0 Å². The number of carbonyl (C=O) groups is 1. The Morgan fingerprint density at radius 1 is 1.32 bits per heavy atom. The molecular formula is C14H17BrN2O2. The molecular weight excluding hydrogens is 308 g/mol. The number of carbonyl (C=O) groups excluding carboxylic acids is 1. The number of hydrogen-bond donors (Lipinski definition) is 2. The Morgan fingerprint density at radius 2 is 1.95 bits per heavy atom. The van der Waals surface area contributed by atoms with Gasteiger partial charge < -0.3 is 15.7 Å². The summed E-state index contributed by atoms with van der Waals surface area (Å²) in [5, 5.41) is 9.79. The Hall–Kier alpha value is -1.07. The monoisotopic (exact) mass is 324 g/mol. The zero-order chi connectivity index (χ0) is 13.6. The van der Waals surface area contributed by atoms with Crippen LogP contribution in [0.1, 0.15) is 36.0 Å². The summed E-state index contributed by atoms with van der Waals surface area (Å²) in [6, 6.07) is 5.69. The molecule has 0 aliphatic carbocycles. The van der Waals surface area contributed by atoms with E-state index in [9.17, 15) is 9.90 Å². The van der Waals surface area contributed by atoms with Crippen LogP contribution in [0.15, 0.2) is 22.7 Å². The van der Waals surface area contributed by atoms with Crippen LogP contribution in [0.2, 0.25) is 0 Å². The van der Waals surface area contributed by atoms with E-state index >= 15 is 0 Å². The standard InChI is InChI=1S/C14H17BrN2O2/c15-8-1-4-13(16)12(5-8)14(19)17-9-2-3-10(17)7-11(18)6-9/h1,4-5,9-11,18H,2-3,6-7,16H2. The highest BCUT2D eigenvalue weighted by Gasteiger charge is 2.43. The largest absolute Gasteiger partial charge is 0.398 e. The van der Waals surface area contributed by atoms with E-state index in [2.05, 4.69) is 15.9 Å². The second-order valence-electron chi connectivity index (χ2n) is 5.45. The van der Waals surface area contributed by atoms with Gasteiger partial charge in [-0.15, -0.1) is 0 Å². The van der Waals surface area contributed by atoms with E-state index in [1.807, 2.05) is 11.0 Å². The molecule has 2 heterocycles. The molecule has 2 atom stereocenters. The second-order valence-corrected chi connectivity index (χ2v) is 6.37. The lowest BCUT2D eigenvalue weighted by molar-refractivity contribution is 0.0287. The summed E-state index contributed by atoms with van der Waals surface area (Å²) in [5.41, 5.74) is 6.99. The summed E-state index contributed by atoms with van der Waals surface area (Å²) < 4.78 is 0.856. The number of rotatable bonds is 1. The van der Waals surface area contributed by atoms with Crippen molar-refractivity contribution in [3.63, 3.8) is 0 Å². The number of piperidine rings is 1. The van der Waals surface area contributed by atoms with Gasteiger partial charge in [-0.3, -0.25) is 4.79 Å². The Labute approximate surface area is 120 Å². The first kappa shape index (κ1) is 12.9. The van der Waals surface area contributed by atoms with E-state index in [0.29, 0.717) is 24.1 Å². The minimum atomic E-state index is -0.263. The van der Waals surface area contributed by atoms with Crippen LogP contribution < -0.4 is 5.73 Å². The first-order chi connectivity index (χ1) is 9.06. The van der Waals surface area contributed by atoms with Crippen LogP contribution in [0, 0.1) is 0 Å². The van der Waals surface area contributed by atoms with Crippen LogP contribution in [0.25, 0.3) is 0 Å². The van der Waals surface area contributed by atoms with E-state index in [0.717, 1.165) is 17.3 Å². The van der Waals surface area contributed by atoms with Crippen molar-refractivity contribution in [2.24, 2.45) is 0 Å². The fourth-order valence-electron chi connectivity index (χ4n) is 3.33. The molecule has 1 aromatic carbocycles. The molecule has 3 N–H and O–H groups in total. The predicted molar refractivity (Wildman–Crippen MR) is 76.8 cm³/mol. The number of nitrogen functional groups attached to an aromatic ring is 1. The Morgan fingerprint density at radius 3 is 2.58 bits per heavy atom. The van der Waals surface area contributed by atoms with Crippen LogP contribution in [0.4, 0.5) is 5.69 Å². The number of fused-ring (bicyclic) bond motifs is 2. The predicted octanol–water partition coefficient (Wildman–Crippen LogP) is 2.16. The molecule has 0 radical (unpaired) electrons. The molecule has 0 aromatic heterocycles. The molecule has 2 aliphatic rings. The normalized spacial score (nSPS) is 29.6. The molecule has 2 aliphatic heterocycles. The van der Waals surface area contributed by atoms with Gasteiger partial charge in [-0.2, -0.15) is 0 Å². The molecule has 0 saturated carbocycles. The number of aliphatic hydroxyl groups is 1. The van der Waals surface area contributed by atoms with Gasteiger partial charge in [0, 0.05) is 22.2 Å². The van der Waals surface area contributed by atoms with E-state index in [1.54, 1.807) is 12.1 Å². The van der Waals surface area contributed by atoms with Crippen molar-refractivity contribution in [1.29, 1.82) is 0 Å². The SMILES string of the molecule is Nc1ccc(Br)cc1C(=O)N1C2CCC1CC(O)C2. The first-order valence-electron chi connectivity index (χ1n) is 6.62. The van der Waals surface area contributed by atoms with Gasteiger partial charge in [0.1, 0.15) is 0 Å². The Bertz CT molecular complexity index is 506. The summed E-state index contributed by atoms with van der Waals surface area (Å²) in [6.07, 6.45) is 3.09. The summed E-state index contributed by atoms with van der Waals surface area (Å²) in [5.74, 6) is -0.00167. The number of nitrogens with two attached hydrogens (primary N) is 1. The van der Waals surface area contributed by atoms with Gasteiger partial charge in [-0.05, 0) is 43.9 Å². The quantitative estimate of drug-likeness (QED) is 0.778. The Balaban J connectivity index is 1.90. The minimum Gasteiger partial charge on any atom is -0.398 e. The van der Waals surface area contributed by atoms with Crippen molar-refractivity contribution >= 4 is 27.5 Å². The van der Waals surface area contributed by atoms with Crippen LogP contribution in [0.5, 0.6) is 0 Å². The summed E-state index contributed by atoms with van der Waals surface area (Å²) >= 11 is 3.38. The van der Waals surface area contributed by atoms with Crippen molar-refractivity contribution in [2.75, 3.05) is 5.73 Å². The molecule has 2 fully saturated rings. The minimum absolute atomic E-state index is 0.00167. The lowest BCUT2D eigenvalue weighted by atomic mass is 9.98. The Kier molecular flexibility index (Phi) is 3.27. The number of benzene rings is 1.